The Morgan fingerprint density at radius 2 is 2.23 bits per heavy atom. The summed E-state index contributed by atoms with van der Waals surface area (Å²) >= 11 is 0. The number of rotatable bonds is 2. The van der Waals surface area contributed by atoms with Crippen LogP contribution in [-0.4, -0.2) is 41.9 Å². The molecule has 2 aliphatic heterocycles. The second kappa shape index (κ2) is 5.25. The molecule has 5 heteroatoms. The average Bonchev–Trinajstić information content (AvgIpc) is 3.02. The highest BCUT2D eigenvalue weighted by atomic mass is 16.5. The minimum Gasteiger partial charge on any atom is -0.478 e. The van der Waals surface area contributed by atoms with Crippen LogP contribution in [0.2, 0.25) is 0 Å². The summed E-state index contributed by atoms with van der Waals surface area (Å²) in [5.41, 5.74) is 2.11. The van der Waals surface area contributed by atoms with Gasteiger partial charge in [0.25, 0.3) is 0 Å². The van der Waals surface area contributed by atoms with E-state index < -0.39 is 5.97 Å². The van der Waals surface area contributed by atoms with Gasteiger partial charge < -0.3 is 14.7 Å². The Morgan fingerprint density at radius 1 is 1.32 bits per heavy atom. The number of carboxylic acids is 1. The molecule has 1 aromatic carbocycles. The third-order valence-electron chi connectivity index (χ3n) is 4.83. The lowest BCUT2D eigenvalue weighted by Gasteiger charge is -2.38. The molecule has 114 valence electrons. The van der Waals surface area contributed by atoms with Gasteiger partial charge in [-0.15, -0.1) is 0 Å². The summed E-state index contributed by atoms with van der Waals surface area (Å²) in [6.45, 7) is 2.56. The third kappa shape index (κ3) is 2.04. The number of fused-ring (bicyclic) bond motifs is 2. The molecule has 2 aromatic rings. The van der Waals surface area contributed by atoms with Crippen LogP contribution in [0.15, 0.2) is 30.5 Å². The zero-order valence-electron chi connectivity index (χ0n) is 12.2. The Kier molecular flexibility index (Phi) is 3.22. The van der Waals surface area contributed by atoms with Crippen molar-refractivity contribution in [1.82, 2.24) is 4.98 Å². The molecule has 0 amide bonds. The summed E-state index contributed by atoms with van der Waals surface area (Å²) in [7, 11) is 0. The van der Waals surface area contributed by atoms with Crippen molar-refractivity contribution < 1.29 is 14.6 Å². The van der Waals surface area contributed by atoms with Crippen molar-refractivity contribution in [3.8, 4) is 0 Å². The van der Waals surface area contributed by atoms with Crippen LogP contribution in [0, 0.1) is 5.92 Å². The van der Waals surface area contributed by atoms with Crippen LogP contribution < -0.4 is 4.90 Å². The molecule has 0 aliphatic carbocycles. The van der Waals surface area contributed by atoms with E-state index in [1.54, 1.807) is 18.3 Å². The van der Waals surface area contributed by atoms with Crippen LogP contribution in [0.1, 0.15) is 23.2 Å². The van der Waals surface area contributed by atoms with Crippen molar-refractivity contribution in [1.29, 1.82) is 0 Å². The van der Waals surface area contributed by atoms with E-state index in [0.29, 0.717) is 22.9 Å². The van der Waals surface area contributed by atoms with Gasteiger partial charge in [0.2, 0.25) is 0 Å². The van der Waals surface area contributed by atoms with Crippen LogP contribution in [0.3, 0.4) is 0 Å². The van der Waals surface area contributed by atoms with Gasteiger partial charge in [0.05, 0.1) is 36.0 Å². The first-order valence-electron chi connectivity index (χ1n) is 7.71. The van der Waals surface area contributed by atoms with Gasteiger partial charge >= 0.3 is 5.97 Å². The number of hydrogen-bond donors (Lipinski definition) is 1. The van der Waals surface area contributed by atoms with Gasteiger partial charge in [-0.25, -0.2) is 4.79 Å². The van der Waals surface area contributed by atoms with Crippen LogP contribution in [0.5, 0.6) is 0 Å². The molecule has 5 nitrogen and oxygen atoms in total. The Labute approximate surface area is 128 Å². The third-order valence-corrected chi connectivity index (χ3v) is 4.83. The molecule has 0 unspecified atom stereocenters. The van der Waals surface area contributed by atoms with Crippen molar-refractivity contribution in [2.75, 3.05) is 24.7 Å². The Balaban J connectivity index is 1.85. The molecule has 2 aliphatic rings. The van der Waals surface area contributed by atoms with Crippen molar-refractivity contribution in [3.63, 3.8) is 0 Å². The lowest BCUT2D eigenvalue weighted by atomic mass is 9.91. The number of nitrogens with zero attached hydrogens (tertiary/aromatic N) is 2. The van der Waals surface area contributed by atoms with Gasteiger partial charge in [0, 0.05) is 24.0 Å². The fraction of sp³-hybridized carbons (Fsp3) is 0.412. The van der Waals surface area contributed by atoms with E-state index in [9.17, 15) is 9.90 Å². The van der Waals surface area contributed by atoms with Gasteiger partial charge in [-0.2, -0.15) is 0 Å². The molecular weight excluding hydrogens is 280 g/mol. The second-order valence-corrected chi connectivity index (χ2v) is 6.04. The zero-order valence-corrected chi connectivity index (χ0v) is 12.2. The molecule has 2 fully saturated rings. The van der Waals surface area contributed by atoms with Gasteiger partial charge in [-0.1, -0.05) is 6.07 Å². The number of hydrogen-bond acceptors (Lipinski definition) is 4. The SMILES string of the molecule is O=C(O)c1ccc(N2CCC[C@@H]3COC[C@@H]32)c2ncccc12. The molecule has 4 rings (SSSR count). The second-order valence-electron chi connectivity index (χ2n) is 6.04. The van der Waals surface area contributed by atoms with E-state index in [0.717, 1.165) is 37.4 Å². The van der Waals surface area contributed by atoms with E-state index in [1.165, 1.54) is 6.42 Å². The fourth-order valence-electron chi connectivity index (χ4n) is 3.77. The van der Waals surface area contributed by atoms with E-state index in [-0.39, 0.29) is 0 Å². The van der Waals surface area contributed by atoms with Gasteiger partial charge in [0.15, 0.2) is 0 Å². The van der Waals surface area contributed by atoms with Crippen LogP contribution in [0.25, 0.3) is 10.9 Å². The van der Waals surface area contributed by atoms with Gasteiger partial charge in [-0.3, -0.25) is 4.98 Å². The number of carbonyl (C=O) groups is 1. The van der Waals surface area contributed by atoms with E-state index >= 15 is 0 Å². The van der Waals surface area contributed by atoms with Crippen molar-refractivity contribution >= 4 is 22.6 Å². The predicted molar refractivity (Wildman–Crippen MR) is 83.4 cm³/mol. The molecule has 3 heterocycles. The van der Waals surface area contributed by atoms with Crippen LogP contribution >= 0.6 is 0 Å². The average molecular weight is 298 g/mol. The van der Waals surface area contributed by atoms with Crippen LogP contribution in [-0.2, 0) is 4.74 Å². The molecule has 0 spiro atoms. The predicted octanol–water partition coefficient (Wildman–Crippen LogP) is 2.55. The highest BCUT2D eigenvalue weighted by molar-refractivity contribution is 6.06. The molecule has 2 saturated heterocycles. The molecule has 0 bridgehead atoms. The van der Waals surface area contributed by atoms with Crippen molar-refractivity contribution in [2.45, 2.75) is 18.9 Å². The lowest BCUT2D eigenvalue weighted by molar-refractivity contribution is 0.0699. The molecule has 22 heavy (non-hydrogen) atoms. The summed E-state index contributed by atoms with van der Waals surface area (Å²) in [5, 5.41) is 10.1. The fourth-order valence-corrected chi connectivity index (χ4v) is 3.77. The topological polar surface area (TPSA) is 62.7 Å². The highest BCUT2D eigenvalue weighted by Gasteiger charge is 2.36. The summed E-state index contributed by atoms with van der Waals surface area (Å²) in [6, 6.07) is 7.60. The summed E-state index contributed by atoms with van der Waals surface area (Å²) in [4.78, 5) is 18.3. The molecule has 0 radical (unpaired) electrons. The number of anilines is 1. The maximum Gasteiger partial charge on any atom is 0.336 e. The van der Waals surface area contributed by atoms with Gasteiger partial charge in [0.1, 0.15) is 0 Å². The number of carboxylic acid groups (broad SMARTS) is 1. The molecule has 1 N–H and O–H groups in total. The number of pyridine rings is 1. The van der Waals surface area contributed by atoms with Crippen molar-refractivity contribution in [3.05, 3.63) is 36.0 Å². The molecular formula is C17H18N2O3. The Hall–Kier alpha value is -2.14. The summed E-state index contributed by atoms with van der Waals surface area (Å²) < 4.78 is 5.66. The van der Waals surface area contributed by atoms with Crippen LogP contribution in [0.4, 0.5) is 5.69 Å². The standard InChI is InChI=1S/C17H18N2O3/c20-17(21)13-5-6-14(16-12(13)4-1-7-18-16)19-8-2-3-11-9-22-10-15(11)19/h1,4-7,11,15H,2-3,8-10H2,(H,20,21)/t11-,15+/m1/s1. The number of benzene rings is 1. The first kappa shape index (κ1) is 13.5. The van der Waals surface area contributed by atoms with E-state index in [4.69, 9.17) is 4.74 Å². The van der Waals surface area contributed by atoms with E-state index in [1.807, 2.05) is 12.1 Å². The minimum atomic E-state index is -0.912. The highest BCUT2D eigenvalue weighted by Crippen LogP contribution is 2.36. The number of piperidine rings is 1. The maximum atomic E-state index is 11.4. The first-order valence-corrected chi connectivity index (χ1v) is 7.71. The number of aromatic carboxylic acids is 1. The minimum absolute atomic E-state index is 0.308. The summed E-state index contributed by atoms with van der Waals surface area (Å²) in [5.74, 6) is -0.336. The monoisotopic (exact) mass is 298 g/mol. The molecule has 0 saturated carbocycles. The Morgan fingerprint density at radius 3 is 3.09 bits per heavy atom. The van der Waals surface area contributed by atoms with Crippen molar-refractivity contribution in [2.24, 2.45) is 5.92 Å². The Bertz CT molecular complexity index is 731. The first-order chi connectivity index (χ1) is 10.8. The number of aromatic nitrogens is 1. The normalized spacial score (nSPS) is 24.5. The van der Waals surface area contributed by atoms with Gasteiger partial charge in [-0.05, 0) is 31.0 Å². The largest absolute Gasteiger partial charge is 0.478 e. The maximum absolute atomic E-state index is 11.4. The quantitative estimate of drug-likeness (QED) is 0.923. The molecule has 1 aromatic heterocycles. The lowest BCUT2D eigenvalue weighted by Crippen LogP contribution is -2.45. The number of ether oxygens (including phenoxy) is 1. The summed E-state index contributed by atoms with van der Waals surface area (Å²) in [6.07, 6.45) is 4.07. The van der Waals surface area contributed by atoms with E-state index in [2.05, 4.69) is 9.88 Å². The molecule has 2 atom stereocenters. The zero-order chi connectivity index (χ0) is 15.1. The smallest absolute Gasteiger partial charge is 0.336 e.